The van der Waals surface area contributed by atoms with Gasteiger partial charge in [-0.2, -0.15) is 0 Å². The predicted octanol–water partition coefficient (Wildman–Crippen LogP) is 2.83. The molecule has 6 nitrogen and oxygen atoms in total. The summed E-state index contributed by atoms with van der Waals surface area (Å²) in [6.07, 6.45) is 3.85. The maximum absolute atomic E-state index is 12.9. The molecule has 1 unspecified atom stereocenters. The van der Waals surface area contributed by atoms with Crippen LogP contribution in [0.25, 0.3) is 0 Å². The summed E-state index contributed by atoms with van der Waals surface area (Å²) in [4.78, 5) is 31.4. The van der Waals surface area contributed by atoms with E-state index in [1.165, 1.54) is 6.42 Å². The van der Waals surface area contributed by atoms with Crippen LogP contribution in [-0.2, 0) is 11.3 Å². The minimum atomic E-state index is 0. The van der Waals surface area contributed by atoms with Crippen LogP contribution in [0.4, 0.5) is 4.79 Å². The quantitative estimate of drug-likeness (QED) is 0.793. The number of hydrogen-bond donors (Lipinski definition) is 1. The molecule has 2 aliphatic rings. The zero-order valence-corrected chi connectivity index (χ0v) is 18.5. The van der Waals surface area contributed by atoms with Crippen molar-refractivity contribution < 1.29 is 9.59 Å². The summed E-state index contributed by atoms with van der Waals surface area (Å²) in [6.45, 7) is 4.69. The molecule has 2 heterocycles. The van der Waals surface area contributed by atoms with Crippen molar-refractivity contribution >= 4 is 24.3 Å². The molecule has 162 valence electrons. The molecule has 1 aromatic carbocycles. The van der Waals surface area contributed by atoms with Crippen molar-refractivity contribution in [2.45, 2.75) is 32.2 Å². The minimum absolute atomic E-state index is 0. The van der Waals surface area contributed by atoms with Gasteiger partial charge in [0.15, 0.2) is 0 Å². The lowest BCUT2D eigenvalue weighted by Gasteiger charge is -2.38. The highest BCUT2D eigenvalue weighted by Gasteiger charge is 2.33. The van der Waals surface area contributed by atoms with Crippen LogP contribution in [0.2, 0.25) is 0 Å². The Balaban J connectivity index is 0.00000300. The Hall–Kier alpha value is -1.79. The van der Waals surface area contributed by atoms with Crippen molar-refractivity contribution in [3.8, 4) is 0 Å². The van der Waals surface area contributed by atoms with Gasteiger partial charge in [0.05, 0.1) is 0 Å². The molecule has 0 aromatic heterocycles. The largest absolute Gasteiger partial charge is 0.342 e. The first-order valence-electron chi connectivity index (χ1n) is 10.6. The lowest BCUT2D eigenvalue weighted by atomic mass is 9.92. The third kappa shape index (κ3) is 6.34. The maximum atomic E-state index is 12.9. The molecule has 2 fully saturated rings. The second-order valence-electron chi connectivity index (χ2n) is 8.24. The number of nitrogens with zero attached hydrogens (tertiary/aromatic N) is 3. The molecule has 3 amide bonds. The van der Waals surface area contributed by atoms with E-state index in [2.05, 4.69) is 10.2 Å². The fourth-order valence-electron chi connectivity index (χ4n) is 4.46. The van der Waals surface area contributed by atoms with E-state index >= 15 is 0 Å². The van der Waals surface area contributed by atoms with Gasteiger partial charge in [-0.25, -0.2) is 4.79 Å². The predicted molar refractivity (Wildman–Crippen MR) is 118 cm³/mol. The number of halogens is 1. The summed E-state index contributed by atoms with van der Waals surface area (Å²) in [6, 6.07) is 10.1. The van der Waals surface area contributed by atoms with Crippen LogP contribution in [0.5, 0.6) is 0 Å². The van der Waals surface area contributed by atoms with E-state index in [9.17, 15) is 9.59 Å². The highest BCUT2D eigenvalue weighted by atomic mass is 35.5. The number of urea groups is 1. The summed E-state index contributed by atoms with van der Waals surface area (Å²) in [5.74, 6) is 0.929. The number of piperidine rings is 2. The molecule has 2 aliphatic heterocycles. The van der Waals surface area contributed by atoms with Crippen molar-refractivity contribution in [3.63, 3.8) is 0 Å². The average molecular weight is 423 g/mol. The smallest absolute Gasteiger partial charge is 0.320 e. The molecular weight excluding hydrogens is 388 g/mol. The zero-order valence-electron chi connectivity index (χ0n) is 17.7. The first-order chi connectivity index (χ1) is 13.6. The summed E-state index contributed by atoms with van der Waals surface area (Å²) >= 11 is 0. The van der Waals surface area contributed by atoms with Gasteiger partial charge >= 0.3 is 6.03 Å². The van der Waals surface area contributed by atoms with Crippen molar-refractivity contribution in [2.75, 3.05) is 46.8 Å². The number of carbonyl (C=O) groups excluding carboxylic acids is 2. The topological polar surface area (TPSA) is 55.9 Å². The molecule has 1 N–H and O–H groups in total. The van der Waals surface area contributed by atoms with Crippen molar-refractivity contribution in [3.05, 3.63) is 35.9 Å². The van der Waals surface area contributed by atoms with Gasteiger partial charge < -0.3 is 20.0 Å². The van der Waals surface area contributed by atoms with E-state index in [0.717, 1.165) is 44.5 Å². The van der Waals surface area contributed by atoms with Crippen LogP contribution in [0.3, 0.4) is 0 Å². The standard InChI is InChI=1S/C22H34N4O2.ClH/c1-23-15-19-9-6-12-26(17-19)21(27)20-10-13-25(14-11-20)22(28)24(2)16-18-7-4-3-5-8-18;/h3-5,7-8,19-20,23H,6,9-17H2,1-2H3;1H. The number of hydrogen-bond acceptors (Lipinski definition) is 3. The molecule has 0 saturated carbocycles. The molecule has 0 spiro atoms. The molecule has 29 heavy (non-hydrogen) atoms. The third-order valence-corrected chi connectivity index (χ3v) is 6.03. The van der Waals surface area contributed by atoms with Gasteiger partial charge in [-0.1, -0.05) is 30.3 Å². The average Bonchev–Trinajstić information content (AvgIpc) is 2.74. The van der Waals surface area contributed by atoms with Gasteiger partial charge in [0.25, 0.3) is 0 Å². The van der Waals surface area contributed by atoms with Crippen LogP contribution in [-0.4, -0.2) is 73.5 Å². The Morgan fingerprint density at radius 2 is 1.76 bits per heavy atom. The van der Waals surface area contributed by atoms with E-state index in [-0.39, 0.29) is 24.4 Å². The summed E-state index contributed by atoms with van der Waals surface area (Å²) in [7, 11) is 3.82. The fraction of sp³-hybridized carbons (Fsp3) is 0.636. The number of benzene rings is 1. The molecular formula is C22H35ClN4O2. The van der Waals surface area contributed by atoms with E-state index in [1.807, 2.05) is 49.3 Å². The number of rotatable bonds is 5. The Kier molecular flexibility index (Phi) is 9.24. The van der Waals surface area contributed by atoms with Gasteiger partial charge in [0.2, 0.25) is 5.91 Å². The molecule has 0 aliphatic carbocycles. The van der Waals surface area contributed by atoms with Gasteiger partial charge in [0.1, 0.15) is 0 Å². The highest BCUT2D eigenvalue weighted by Crippen LogP contribution is 2.24. The second-order valence-corrected chi connectivity index (χ2v) is 8.24. The number of carbonyl (C=O) groups is 2. The monoisotopic (exact) mass is 422 g/mol. The molecule has 1 atom stereocenters. The van der Waals surface area contributed by atoms with Gasteiger partial charge in [0, 0.05) is 45.7 Å². The van der Waals surface area contributed by atoms with E-state index in [4.69, 9.17) is 0 Å². The van der Waals surface area contributed by atoms with E-state index in [0.29, 0.717) is 31.5 Å². The van der Waals surface area contributed by atoms with Crippen LogP contribution >= 0.6 is 12.4 Å². The van der Waals surface area contributed by atoms with Crippen molar-refractivity contribution in [2.24, 2.45) is 11.8 Å². The van der Waals surface area contributed by atoms with Gasteiger partial charge in [-0.3, -0.25) is 4.79 Å². The Morgan fingerprint density at radius 1 is 1.07 bits per heavy atom. The number of nitrogens with one attached hydrogen (secondary N) is 1. The lowest BCUT2D eigenvalue weighted by Crippen LogP contribution is -2.49. The lowest BCUT2D eigenvalue weighted by molar-refractivity contribution is -0.138. The molecule has 3 rings (SSSR count). The molecule has 2 saturated heterocycles. The first kappa shape index (κ1) is 23.5. The Morgan fingerprint density at radius 3 is 2.41 bits per heavy atom. The second kappa shape index (κ2) is 11.4. The van der Waals surface area contributed by atoms with Crippen LogP contribution in [0.1, 0.15) is 31.2 Å². The summed E-state index contributed by atoms with van der Waals surface area (Å²) in [5, 5.41) is 3.24. The SMILES string of the molecule is CNCC1CCCN(C(=O)C2CCN(C(=O)N(C)Cc3ccccc3)CC2)C1.Cl. The Labute approximate surface area is 181 Å². The fourth-order valence-corrected chi connectivity index (χ4v) is 4.46. The molecule has 1 aromatic rings. The van der Waals surface area contributed by atoms with Crippen molar-refractivity contribution in [1.29, 1.82) is 0 Å². The first-order valence-corrected chi connectivity index (χ1v) is 10.6. The molecule has 0 bridgehead atoms. The normalized spacial score (nSPS) is 20.1. The highest BCUT2D eigenvalue weighted by molar-refractivity contribution is 5.85. The minimum Gasteiger partial charge on any atom is -0.342 e. The number of likely N-dealkylation sites (tertiary alicyclic amines) is 2. The number of amides is 3. The van der Waals surface area contributed by atoms with Crippen LogP contribution in [0.15, 0.2) is 30.3 Å². The van der Waals surface area contributed by atoms with Crippen LogP contribution < -0.4 is 5.32 Å². The zero-order chi connectivity index (χ0) is 19.9. The molecule has 0 radical (unpaired) electrons. The maximum Gasteiger partial charge on any atom is 0.320 e. The third-order valence-electron chi connectivity index (χ3n) is 6.03. The van der Waals surface area contributed by atoms with Crippen molar-refractivity contribution in [1.82, 2.24) is 20.0 Å². The summed E-state index contributed by atoms with van der Waals surface area (Å²) < 4.78 is 0. The summed E-state index contributed by atoms with van der Waals surface area (Å²) in [5.41, 5.74) is 1.13. The Bertz CT molecular complexity index is 647. The van der Waals surface area contributed by atoms with Gasteiger partial charge in [-0.15, -0.1) is 12.4 Å². The van der Waals surface area contributed by atoms with Gasteiger partial charge in [-0.05, 0) is 50.8 Å². The van der Waals surface area contributed by atoms with E-state index < -0.39 is 0 Å². The van der Waals surface area contributed by atoms with E-state index in [1.54, 1.807) is 4.90 Å². The molecule has 7 heteroatoms. The van der Waals surface area contributed by atoms with Crippen LogP contribution in [0, 0.1) is 11.8 Å².